The Morgan fingerprint density at radius 2 is 2.10 bits per heavy atom. The van der Waals surface area contributed by atoms with Crippen LogP contribution in [-0.4, -0.2) is 36.5 Å². The average Bonchev–Trinajstić information content (AvgIpc) is 2.49. The first kappa shape index (κ1) is 15.1. The molecule has 5 heteroatoms. The van der Waals surface area contributed by atoms with Gasteiger partial charge >= 0.3 is 0 Å². The lowest BCUT2D eigenvalue weighted by Gasteiger charge is -2.33. The zero-order chi connectivity index (χ0) is 14.5. The van der Waals surface area contributed by atoms with Crippen LogP contribution in [0, 0.1) is 5.92 Å². The van der Waals surface area contributed by atoms with Crippen LogP contribution in [0.5, 0.6) is 5.75 Å². The Hall–Kier alpha value is -1.26. The third-order valence-electron chi connectivity index (χ3n) is 3.75. The van der Waals surface area contributed by atoms with Crippen LogP contribution in [0.4, 0.5) is 0 Å². The highest BCUT2D eigenvalue weighted by Gasteiger charge is 2.26. The monoisotopic (exact) mass is 296 g/mol. The Morgan fingerprint density at radius 3 is 2.70 bits per heavy atom. The number of para-hydroxylation sites is 1. The van der Waals surface area contributed by atoms with Crippen LogP contribution in [0.15, 0.2) is 24.3 Å². The number of ether oxygens (including phenoxy) is 1. The molecular formula is C15H21ClN2O2. The summed E-state index contributed by atoms with van der Waals surface area (Å²) in [7, 11) is 0. The minimum Gasteiger partial charge on any atom is -0.479 e. The van der Waals surface area contributed by atoms with Crippen molar-refractivity contribution in [2.75, 3.05) is 19.6 Å². The van der Waals surface area contributed by atoms with Crippen molar-refractivity contribution in [2.24, 2.45) is 11.7 Å². The predicted octanol–water partition coefficient (Wildman–Crippen LogP) is 2.30. The maximum Gasteiger partial charge on any atom is 0.263 e. The summed E-state index contributed by atoms with van der Waals surface area (Å²) >= 11 is 6.03. The number of nitrogens with two attached hydrogens (primary N) is 1. The first-order chi connectivity index (χ1) is 9.61. The van der Waals surface area contributed by atoms with Crippen LogP contribution in [0.1, 0.15) is 19.8 Å². The maximum absolute atomic E-state index is 12.3. The highest BCUT2D eigenvalue weighted by atomic mass is 35.5. The number of carbonyl (C=O) groups excluding carboxylic acids is 1. The van der Waals surface area contributed by atoms with Crippen molar-refractivity contribution >= 4 is 17.5 Å². The maximum atomic E-state index is 12.3. The molecule has 0 radical (unpaired) electrons. The Kier molecular flexibility index (Phi) is 5.26. The second-order valence-electron chi connectivity index (χ2n) is 5.19. The van der Waals surface area contributed by atoms with Gasteiger partial charge < -0.3 is 15.4 Å². The topological polar surface area (TPSA) is 55.6 Å². The molecule has 0 saturated carbocycles. The number of rotatable bonds is 4. The number of carbonyl (C=O) groups is 1. The lowest BCUT2D eigenvalue weighted by Crippen LogP contribution is -2.45. The second kappa shape index (κ2) is 6.95. The van der Waals surface area contributed by atoms with E-state index in [4.69, 9.17) is 22.1 Å². The van der Waals surface area contributed by atoms with Crippen LogP contribution >= 0.6 is 11.6 Å². The first-order valence-electron chi connectivity index (χ1n) is 7.02. The quantitative estimate of drug-likeness (QED) is 0.927. The van der Waals surface area contributed by atoms with Crippen LogP contribution in [0.3, 0.4) is 0 Å². The summed E-state index contributed by atoms with van der Waals surface area (Å²) in [4.78, 5) is 14.2. The van der Waals surface area contributed by atoms with Gasteiger partial charge in [0.2, 0.25) is 0 Å². The van der Waals surface area contributed by atoms with E-state index in [1.54, 1.807) is 19.1 Å². The molecule has 1 aromatic carbocycles. The van der Waals surface area contributed by atoms with Gasteiger partial charge in [-0.1, -0.05) is 23.7 Å². The Bertz CT molecular complexity index is 459. The Balaban J connectivity index is 1.91. The first-order valence-corrected chi connectivity index (χ1v) is 7.39. The molecule has 1 aliphatic rings. The van der Waals surface area contributed by atoms with Crippen molar-refractivity contribution in [2.45, 2.75) is 25.9 Å². The van der Waals surface area contributed by atoms with Crippen molar-refractivity contribution < 1.29 is 9.53 Å². The Morgan fingerprint density at radius 1 is 1.45 bits per heavy atom. The van der Waals surface area contributed by atoms with E-state index in [-0.39, 0.29) is 5.91 Å². The molecular weight excluding hydrogens is 276 g/mol. The zero-order valence-corrected chi connectivity index (χ0v) is 12.5. The number of nitrogens with zero attached hydrogens (tertiary/aromatic N) is 1. The predicted molar refractivity (Wildman–Crippen MR) is 79.9 cm³/mol. The van der Waals surface area contributed by atoms with Crippen molar-refractivity contribution in [3.63, 3.8) is 0 Å². The van der Waals surface area contributed by atoms with E-state index in [9.17, 15) is 4.79 Å². The van der Waals surface area contributed by atoms with Crippen LogP contribution in [0.2, 0.25) is 5.02 Å². The van der Waals surface area contributed by atoms with Crippen molar-refractivity contribution in [1.29, 1.82) is 0 Å². The third kappa shape index (κ3) is 3.64. The van der Waals surface area contributed by atoms with Crippen molar-refractivity contribution in [1.82, 2.24) is 4.90 Å². The summed E-state index contributed by atoms with van der Waals surface area (Å²) in [5.74, 6) is 1.10. The second-order valence-corrected chi connectivity index (χ2v) is 5.60. The van der Waals surface area contributed by atoms with E-state index in [1.807, 2.05) is 17.0 Å². The molecule has 2 rings (SSSR count). The van der Waals surface area contributed by atoms with Gasteiger partial charge in [-0.25, -0.2) is 0 Å². The molecule has 4 nitrogen and oxygen atoms in total. The number of halogens is 1. The summed E-state index contributed by atoms with van der Waals surface area (Å²) in [6.07, 6.45) is 1.42. The van der Waals surface area contributed by atoms with Gasteiger partial charge in [-0.3, -0.25) is 4.79 Å². The molecule has 0 aliphatic carbocycles. The summed E-state index contributed by atoms with van der Waals surface area (Å²) in [5, 5.41) is 0.522. The Labute approximate surface area is 124 Å². The number of amides is 1. The molecule has 1 aliphatic heterocycles. The van der Waals surface area contributed by atoms with E-state index in [2.05, 4.69) is 0 Å². The van der Waals surface area contributed by atoms with Crippen LogP contribution < -0.4 is 10.5 Å². The normalized spacial score (nSPS) is 17.9. The zero-order valence-electron chi connectivity index (χ0n) is 11.7. The number of hydrogen-bond acceptors (Lipinski definition) is 3. The molecule has 1 fully saturated rings. The van der Waals surface area contributed by atoms with Crippen molar-refractivity contribution in [3.8, 4) is 5.75 Å². The lowest BCUT2D eigenvalue weighted by molar-refractivity contribution is -0.139. The molecule has 2 N–H and O–H groups in total. The fraction of sp³-hybridized carbons (Fsp3) is 0.533. The molecule has 0 bridgehead atoms. The molecule has 1 aromatic rings. The molecule has 1 heterocycles. The van der Waals surface area contributed by atoms with Gasteiger partial charge in [-0.05, 0) is 44.4 Å². The van der Waals surface area contributed by atoms with E-state index < -0.39 is 6.10 Å². The van der Waals surface area contributed by atoms with Gasteiger partial charge in [-0.2, -0.15) is 0 Å². The molecule has 1 atom stereocenters. The average molecular weight is 297 g/mol. The molecule has 110 valence electrons. The van der Waals surface area contributed by atoms with E-state index >= 15 is 0 Å². The van der Waals surface area contributed by atoms with E-state index in [0.717, 1.165) is 25.9 Å². The van der Waals surface area contributed by atoms with Gasteiger partial charge in [-0.15, -0.1) is 0 Å². The SMILES string of the molecule is CC(Oc1ccccc1Cl)C(=O)N1CCC(CN)CC1. The lowest BCUT2D eigenvalue weighted by atomic mass is 9.97. The van der Waals surface area contributed by atoms with Gasteiger partial charge in [0.05, 0.1) is 5.02 Å². The number of hydrogen-bond donors (Lipinski definition) is 1. The van der Waals surface area contributed by atoms with Crippen molar-refractivity contribution in [3.05, 3.63) is 29.3 Å². The third-order valence-corrected chi connectivity index (χ3v) is 4.06. The van der Waals surface area contributed by atoms with Gasteiger partial charge in [0.15, 0.2) is 6.10 Å². The molecule has 1 unspecified atom stereocenters. The highest BCUT2D eigenvalue weighted by molar-refractivity contribution is 6.32. The van der Waals surface area contributed by atoms with E-state index in [1.165, 1.54) is 0 Å². The minimum absolute atomic E-state index is 0.0143. The summed E-state index contributed by atoms with van der Waals surface area (Å²) in [6, 6.07) is 7.19. The summed E-state index contributed by atoms with van der Waals surface area (Å²) in [6.45, 7) is 3.99. The van der Waals surface area contributed by atoms with Gasteiger partial charge in [0, 0.05) is 13.1 Å². The number of likely N-dealkylation sites (tertiary alicyclic amines) is 1. The van der Waals surface area contributed by atoms with E-state index in [0.29, 0.717) is 23.2 Å². The molecule has 1 amide bonds. The van der Waals surface area contributed by atoms with Gasteiger partial charge in [0.25, 0.3) is 5.91 Å². The van der Waals surface area contributed by atoms with Crippen LogP contribution in [-0.2, 0) is 4.79 Å². The molecule has 0 spiro atoms. The number of benzene rings is 1. The standard InChI is InChI=1S/C15H21ClN2O2/c1-11(20-14-5-3-2-4-13(14)16)15(19)18-8-6-12(10-17)7-9-18/h2-5,11-12H,6-10,17H2,1H3. The fourth-order valence-electron chi connectivity index (χ4n) is 2.43. The highest BCUT2D eigenvalue weighted by Crippen LogP contribution is 2.25. The summed E-state index contributed by atoms with van der Waals surface area (Å²) in [5.41, 5.74) is 5.66. The summed E-state index contributed by atoms with van der Waals surface area (Å²) < 4.78 is 5.67. The van der Waals surface area contributed by atoms with Crippen LogP contribution in [0.25, 0.3) is 0 Å². The van der Waals surface area contributed by atoms with Gasteiger partial charge in [0.1, 0.15) is 5.75 Å². The largest absolute Gasteiger partial charge is 0.479 e. The number of piperidine rings is 1. The smallest absolute Gasteiger partial charge is 0.263 e. The minimum atomic E-state index is -0.524. The molecule has 0 aromatic heterocycles. The molecule has 1 saturated heterocycles. The molecule has 20 heavy (non-hydrogen) atoms. The fourth-order valence-corrected chi connectivity index (χ4v) is 2.61.